The lowest BCUT2D eigenvalue weighted by molar-refractivity contribution is -0.122. The molecule has 94 valence electrons. The molecule has 0 aromatic carbocycles. The van der Waals surface area contributed by atoms with Gasteiger partial charge in [0, 0.05) is 32.2 Å². The first-order valence-electron chi connectivity index (χ1n) is 5.98. The van der Waals surface area contributed by atoms with E-state index in [9.17, 15) is 9.90 Å². The lowest BCUT2D eigenvalue weighted by Gasteiger charge is -2.11. The molecule has 1 rings (SSSR count). The summed E-state index contributed by atoms with van der Waals surface area (Å²) in [6.45, 7) is 4.68. The Labute approximate surface area is 96.6 Å². The van der Waals surface area contributed by atoms with Crippen molar-refractivity contribution in [3.63, 3.8) is 0 Å². The number of hydrogen-bond acceptors (Lipinski definition) is 4. The molecule has 0 saturated heterocycles. The van der Waals surface area contributed by atoms with Gasteiger partial charge in [0.15, 0.2) is 0 Å². The van der Waals surface area contributed by atoms with Gasteiger partial charge in [-0.3, -0.25) is 4.79 Å². The number of amides is 1. The van der Waals surface area contributed by atoms with Crippen LogP contribution in [-0.4, -0.2) is 50.0 Å². The second-order valence-corrected chi connectivity index (χ2v) is 4.08. The summed E-state index contributed by atoms with van der Waals surface area (Å²) in [5, 5.41) is 15.3. The molecule has 1 amide bonds. The summed E-state index contributed by atoms with van der Waals surface area (Å²) in [5.74, 6) is 0.431. The molecule has 0 heterocycles. The van der Waals surface area contributed by atoms with E-state index in [0.717, 1.165) is 12.8 Å². The van der Waals surface area contributed by atoms with E-state index in [-0.39, 0.29) is 11.8 Å². The molecule has 0 spiro atoms. The lowest BCUT2D eigenvalue weighted by Crippen LogP contribution is -2.37. The van der Waals surface area contributed by atoms with Crippen LogP contribution in [-0.2, 0) is 9.53 Å². The van der Waals surface area contributed by atoms with Crippen LogP contribution < -0.4 is 10.6 Å². The minimum Gasteiger partial charge on any atom is -0.389 e. The van der Waals surface area contributed by atoms with Gasteiger partial charge in [-0.05, 0) is 19.8 Å². The van der Waals surface area contributed by atoms with E-state index in [0.29, 0.717) is 32.8 Å². The molecular weight excluding hydrogens is 208 g/mol. The van der Waals surface area contributed by atoms with Crippen molar-refractivity contribution in [3.8, 4) is 0 Å². The number of hydrogen-bond donors (Lipinski definition) is 3. The molecule has 3 N–H and O–H groups in total. The van der Waals surface area contributed by atoms with Gasteiger partial charge in [0.05, 0.1) is 12.7 Å². The van der Waals surface area contributed by atoms with Gasteiger partial charge in [-0.25, -0.2) is 0 Å². The van der Waals surface area contributed by atoms with Gasteiger partial charge < -0.3 is 20.5 Å². The Kier molecular flexibility index (Phi) is 6.37. The molecule has 0 aromatic rings. The normalized spacial score (nSPS) is 17.1. The highest BCUT2D eigenvalue weighted by Gasteiger charge is 2.28. The molecule has 0 radical (unpaired) electrons. The number of carbonyl (C=O) groups is 1. The van der Waals surface area contributed by atoms with E-state index < -0.39 is 6.10 Å². The molecule has 5 nitrogen and oxygen atoms in total. The van der Waals surface area contributed by atoms with Gasteiger partial charge in [-0.1, -0.05) is 0 Å². The molecular formula is C11H22N2O3. The summed E-state index contributed by atoms with van der Waals surface area (Å²) >= 11 is 0. The van der Waals surface area contributed by atoms with Gasteiger partial charge >= 0.3 is 0 Å². The molecule has 16 heavy (non-hydrogen) atoms. The van der Waals surface area contributed by atoms with Gasteiger partial charge in [0.1, 0.15) is 0 Å². The zero-order valence-electron chi connectivity index (χ0n) is 9.87. The van der Waals surface area contributed by atoms with Crippen LogP contribution in [0.3, 0.4) is 0 Å². The SMILES string of the molecule is CCOCC(O)CNCCNC(=O)C1CC1. The molecule has 1 aliphatic rings. The Balaban J connectivity index is 1.85. The molecule has 0 bridgehead atoms. The number of nitrogens with one attached hydrogen (secondary N) is 2. The average molecular weight is 230 g/mol. The summed E-state index contributed by atoms with van der Waals surface area (Å²) in [6.07, 6.45) is 1.60. The van der Waals surface area contributed by atoms with Crippen molar-refractivity contribution in [2.24, 2.45) is 5.92 Å². The van der Waals surface area contributed by atoms with Crippen molar-refractivity contribution >= 4 is 5.91 Å². The van der Waals surface area contributed by atoms with Gasteiger partial charge in [-0.2, -0.15) is 0 Å². The zero-order valence-corrected chi connectivity index (χ0v) is 9.87. The third-order valence-electron chi connectivity index (χ3n) is 2.44. The highest BCUT2D eigenvalue weighted by molar-refractivity contribution is 5.80. The van der Waals surface area contributed by atoms with Crippen LogP contribution in [0.2, 0.25) is 0 Å². The largest absolute Gasteiger partial charge is 0.389 e. The van der Waals surface area contributed by atoms with E-state index in [1.165, 1.54) is 0 Å². The summed E-state index contributed by atoms with van der Waals surface area (Å²) < 4.78 is 5.07. The zero-order chi connectivity index (χ0) is 11.8. The predicted octanol–water partition coefficient (Wildman–Crippen LogP) is -0.500. The van der Waals surface area contributed by atoms with Crippen LogP contribution in [0.25, 0.3) is 0 Å². The van der Waals surface area contributed by atoms with E-state index in [4.69, 9.17) is 4.74 Å². The van der Waals surface area contributed by atoms with Crippen LogP contribution in [0, 0.1) is 5.92 Å². The maximum atomic E-state index is 11.2. The smallest absolute Gasteiger partial charge is 0.223 e. The van der Waals surface area contributed by atoms with Gasteiger partial charge in [-0.15, -0.1) is 0 Å². The summed E-state index contributed by atoms with van der Waals surface area (Å²) in [4.78, 5) is 11.2. The highest BCUT2D eigenvalue weighted by Crippen LogP contribution is 2.28. The summed E-state index contributed by atoms with van der Waals surface area (Å²) in [7, 11) is 0. The minimum atomic E-state index is -0.473. The first-order valence-corrected chi connectivity index (χ1v) is 5.98. The maximum absolute atomic E-state index is 11.2. The van der Waals surface area contributed by atoms with Crippen LogP contribution in [0.5, 0.6) is 0 Å². The number of aliphatic hydroxyl groups is 1. The Morgan fingerprint density at radius 3 is 2.88 bits per heavy atom. The average Bonchev–Trinajstić information content (AvgIpc) is 3.09. The molecule has 0 aromatic heterocycles. The van der Waals surface area contributed by atoms with Crippen LogP contribution >= 0.6 is 0 Å². The first kappa shape index (κ1) is 13.4. The molecule has 5 heteroatoms. The predicted molar refractivity (Wildman–Crippen MR) is 61.1 cm³/mol. The fraction of sp³-hybridized carbons (Fsp3) is 0.909. The third-order valence-corrected chi connectivity index (χ3v) is 2.44. The summed E-state index contributed by atoms with van der Waals surface area (Å²) in [5.41, 5.74) is 0. The second-order valence-electron chi connectivity index (χ2n) is 4.08. The Hall–Kier alpha value is -0.650. The quantitative estimate of drug-likeness (QED) is 0.467. The van der Waals surface area contributed by atoms with E-state index in [2.05, 4.69) is 10.6 Å². The number of rotatable bonds is 9. The van der Waals surface area contributed by atoms with Crippen molar-refractivity contribution in [1.29, 1.82) is 0 Å². The van der Waals surface area contributed by atoms with E-state index in [1.54, 1.807) is 0 Å². The second kappa shape index (κ2) is 7.60. The fourth-order valence-electron chi connectivity index (χ4n) is 1.35. The van der Waals surface area contributed by atoms with Crippen LogP contribution in [0.15, 0.2) is 0 Å². The molecule has 1 unspecified atom stereocenters. The number of ether oxygens (including phenoxy) is 1. The van der Waals surface area contributed by atoms with Crippen molar-refractivity contribution in [2.75, 3.05) is 32.8 Å². The minimum absolute atomic E-state index is 0.164. The fourth-order valence-corrected chi connectivity index (χ4v) is 1.35. The van der Waals surface area contributed by atoms with E-state index in [1.807, 2.05) is 6.92 Å². The third kappa shape index (κ3) is 6.05. The highest BCUT2D eigenvalue weighted by atomic mass is 16.5. The van der Waals surface area contributed by atoms with Crippen LogP contribution in [0.4, 0.5) is 0 Å². The molecule has 1 saturated carbocycles. The van der Waals surface area contributed by atoms with E-state index >= 15 is 0 Å². The van der Waals surface area contributed by atoms with Crippen LogP contribution in [0.1, 0.15) is 19.8 Å². The Morgan fingerprint density at radius 2 is 2.25 bits per heavy atom. The van der Waals surface area contributed by atoms with Crippen molar-refractivity contribution in [1.82, 2.24) is 10.6 Å². The number of aliphatic hydroxyl groups excluding tert-OH is 1. The first-order chi connectivity index (χ1) is 7.74. The van der Waals surface area contributed by atoms with Crippen molar-refractivity contribution in [3.05, 3.63) is 0 Å². The number of carbonyl (C=O) groups excluding carboxylic acids is 1. The van der Waals surface area contributed by atoms with Gasteiger partial charge in [0.25, 0.3) is 0 Å². The lowest BCUT2D eigenvalue weighted by atomic mass is 10.3. The molecule has 1 atom stereocenters. The molecule has 0 aliphatic heterocycles. The van der Waals surface area contributed by atoms with Gasteiger partial charge in [0.2, 0.25) is 5.91 Å². The molecule has 1 fully saturated rings. The molecule has 1 aliphatic carbocycles. The Bertz CT molecular complexity index is 207. The van der Waals surface area contributed by atoms with Crippen molar-refractivity contribution < 1.29 is 14.6 Å². The standard InChI is InChI=1S/C11H22N2O3/c1-2-16-8-10(14)7-12-5-6-13-11(15)9-3-4-9/h9-10,12,14H,2-8H2,1H3,(H,13,15). The summed E-state index contributed by atoms with van der Waals surface area (Å²) in [6, 6.07) is 0. The topological polar surface area (TPSA) is 70.6 Å². The maximum Gasteiger partial charge on any atom is 0.223 e. The van der Waals surface area contributed by atoms with Crippen molar-refractivity contribution in [2.45, 2.75) is 25.9 Å². The monoisotopic (exact) mass is 230 g/mol. The Morgan fingerprint density at radius 1 is 1.50 bits per heavy atom.